The number of nitrogens with zero attached hydrogens (tertiary/aromatic N) is 2. The van der Waals surface area contributed by atoms with Crippen LogP contribution in [0.4, 0.5) is 21.5 Å². The van der Waals surface area contributed by atoms with Gasteiger partial charge in [-0.05, 0) is 39.7 Å². The summed E-state index contributed by atoms with van der Waals surface area (Å²) in [6.45, 7) is 3.00. The van der Waals surface area contributed by atoms with Crippen LogP contribution >= 0.6 is 15.9 Å². The molecule has 25 heavy (non-hydrogen) atoms. The van der Waals surface area contributed by atoms with Crippen LogP contribution in [-0.2, 0) is 11.3 Å². The molecule has 3 rings (SSSR count). The minimum atomic E-state index is -0.450. The monoisotopic (exact) mass is 409 g/mol. The topological polar surface area (TPSA) is 67.6 Å². The highest BCUT2D eigenvalue weighted by Gasteiger charge is 2.15. The average molecular weight is 410 g/mol. The van der Waals surface area contributed by atoms with E-state index in [0.717, 1.165) is 5.56 Å². The summed E-state index contributed by atoms with van der Waals surface area (Å²) in [6.07, 6.45) is 0. The molecule has 1 heterocycles. The first-order valence-corrected chi connectivity index (χ1v) is 8.63. The normalized spacial score (nSPS) is 14.4. The zero-order valence-corrected chi connectivity index (χ0v) is 15.0. The molecule has 1 saturated heterocycles. The van der Waals surface area contributed by atoms with Gasteiger partial charge in [0.15, 0.2) is 0 Å². The van der Waals surface area contributed by atoms with E-state index >= 15 is 0 Å². The van der Waals surface area contributed by atoms with Gasteiger partial charge in [0, 0.05) is 41.9 Å². The molecule has 1 aliphatic heterocycles. The van der Waals surface area contributed by atoms with E-state index in [1.54, 1.807) is 12.1 Å². The number of nitro groups is 1. The third-order valence-corrected chi connectivity index (χ3v) is 4.67. The highest BCUT2D eigenvalue weighted by molar-refractivity contribution is 9.10. The Balaban J connectivity index is 1.67. The number of anilines is 2. The standard InChI is InChI=1S/C17H17BrFN3O3/c18-14-10-13(22(23)24)2-3-16(14)20-11-12-1-4-17(15(19)9-12)21-5-7-25-8-6-21/h1-4,9-10,20H,5-8,11H2. The molecule has 8 heteroatoms. The maximum Gasteiger partial charge on any atom is 0.270 e. The fourth-order valence-electron chi connectivity index (χ4n) is 2.68. The largest absolute Gasteiger partial charge is 0.380 e. The van der Waals surface area contributed by atoms with Crippen molar-refractivity contribution in [3.63, 3.8) is 0 Å². The van der Waals surface area contributed by atoms with E-state index in [9.17, 15) is 14.5 Å². The van der Waals surface area contributed by atoms with Crippen molar-refractivity contribution in [3.8, 4) is 0 Å². The highest BCUT2D eigenvalue weighted by Crippen LogP contribution is 2.28. The van der Waals surface area contributed by atoms with Crippen LogP contribution in [0.15, 0.2) is 40.9 Å². The Kier molecular flexibility index (Phi) is 5.50. The molecule has 0 aliphatic carbocycles. The predicted octanol–water partition coefficient (Wildman–Crippen LogP) is 3.95. The number of nitrogens with one attached hydrogen (secondary N) is 1. The summed E-state index contributed by atoms with van der Waals surface area (Å²) >= 11 is 3.31. The summed E-state index contributed by atoms with van der Waals surface area (Å²) in [6, 6.07) is 9.65. The van der Waals surface area contributed by atoms with Gasteiger partial charge < -0.3 is 15.0 Å². The summed E-state index contributed by atoms with van der Waals surface area (Å²) in [5.74, 6) is -0.260. The van der Waals surface area contributed by atoms with E-state index in [0.29, 0.717) is 48.7 Å². The number of hydrogen-bond donors (Lipinski definition) is 1. The van der Waals surface area contributed by atoms with E-state index < -0.39 is 4.92 Å². The molecule has 0 amide bonds. The van der Waals surface area contributed by atoms with Crippen LogP contribution in [0, 0.1) is 15.9 Å². The first-order chi connectivity index (χ1) is 12.0. The van der Waals surface area contributed by atoms with Gasteiger partial charge >= 0.3 is 0 Å². The third-order valence-electron chi connectivity index (χ3n) is 4.01. The number of rotatable bonds is 5. The first kappa shape index (κ1) is 17.6. The molecule has 0 aromatic heterocycles. The SMILES string of the molecule is O=[N+]([O-])c1ccc(NCc2ccc(N3CCOCC3)c(F)c2)c(Br)c1. The van der Waals surface area contributed by atoms with E-state index in [1.165, 1.54) is 18.2 Å². The maximum absolute atomic E-state index is 14.4. The van der Waals surface area contributed by atoms with Crippen molar-refractivity contribution in [2.75, 3.05) is 36.5 Å². The number of halogens is 2. The van der Waals surface area contributed by atoms with Crippen LogP contribution in [0.2, 0.25) is 0 Å². The smallest absolute Gasteiger partial charge is 0.270 e. The van der Waals surface area contributed by atoms with Crippen LogP contribution in [0.3, 0.4) is 0 Å². The number of benzene rings is 2. The lowest BCUT2D eigenvalue weighted by molar-refractivity contribution is -0.384. The van der Waals surface area contributed by atoms with Crippen molar-refractivity contribution in [2.24, 2.45) is 0 Å². The zero-order valence-electron chi connectivity index (χ0n) is 13.4. The van der Waals surface area contributed by atoms with Crippen LogP contribution in [-0.4, -0.2) is 31.2 Å². The molecule has 1 N–H and O–H groups in total. The van der Waals surface area contributed by atoms with Crippen LogP contribution in [0.5, 0.6) is 0 Å². The molecule has 0 unspecified atom stereocenters. The highest BCUT2D eigenvalue weighted by atomic mass is 79.9. The van der Waals surface area contributed by atoms with Crippen molar-refractivity contribution in [1.29, 1.82) is 0 Å². The molecule has 2 aromatic carbocycles. The van der Waals surface area contributed by atoms with E-state index in [2.05, 4.69) is 21.2 Å². The fraction of sp³-hybridized carbons (Fsp3) is 0.294. The second-order valence-corrected chi connectivity index (χ2v) is 6.51. The minimum Gasteiger partial charge on any atom is -0.380 e. The van der Waals surface area contributed by atoms with Gasteiger partial charge in [0.05, 0.1) is 23.8 Å². The Labute approximate surface area is 152 Å². The lowest BCUT2D eigenvalue weighted by atomic mass is 10.1. The maximum atomic E-state index is 14.4. The van der Waals surface area contributed by atoms with E-state index in [-0.39, 0.29) is 11.5 Å². The average Bonchev–Trinajstić information content (AvgIpc) is 2.61. The van der Waals surface area contributed by atoms with Gasteiger partial charge in [-0.15, -0.1) is 0 Å². The number of ether oxygens (including phenoxy) is 1. The molecular weight excluding hydrogens is 393 g/mol. The number of non-ortho nitro benzene ring substituents is 1. The molecule has 6 nitrogen and oxygen atoms in total. The molecule has 0 radical (unpaired) electrons. The number of nitro benzene ring substituents is 1. The second kappa shape index (κ2) is 7.79. The van der Waals surface area contributed by atoms with E-state index in [4.69, 9.17) is 4.74 Å². The second-order valence-electron chi connectivity index (χ2n) is 5.66. The predicted molar refractivity (Wildman–Crippen MR) is 97.6 cm³/mol. The van der Waals surface area contributed by atoms with Crippen molar-refractivity contribution >= 4 is 33.0 Å². The van der Waals surface area contributed by atoms with Gasteiger partial charge in [0.25, 0.3) is 5.69 Å². The first-order valence-electron chi connectivity index (χ1n) is 7.83. The van der Waals surface area contributed by atoms with Gasteiger partial charge in [0.2, 0.25) is 0 Å². The Morgan fingerprint density at radius 2 is 2.00 bits per heavy atom. The summed E-state index contributed by atoms with van der Waals surface area (Å²) in [5, 5.41) is 13.9. The Morgan fingerprint density at radius 1 is 1.24 bits per heavy atom. The van der Waals surface area contributed by atoms with Gasteiger partial charge in [-0.2, -0.15) is 0 Å². The van der Waals surface area contributed by atoms with Crippen LogP contribution < -0.4 is 10.2 Å². The third kappa shape index (κ3) is 4.26. The summed E-state index contributed by atoms with van der Waals surface area (Å²) in [4.78, 5) is 12.3. The number of morpholine rings is 1. The van der Waals surface area contributed by atoms with Gasteiger partial charge in [-0.25, -0.2) is 4.39 Å². The van der Waals surface area contributed by atoms with Gasteiger partial charge in [0.1, 0.15) is 5.82 Å². The summed E-state index contributed by atoms with van der Waals surface area (Å²) < 4.78 is 20.3. The van der Waals surface area contributed by atoms with Crippen molar-refractivity contribution in [2.45, 2.75) is 6.54 Å². The lowest BCUT2D eigenvalue weighted by Gasteiger charge is -2.29. The lowest BCUT2D eigenvalue weighted by Crippen LogP contribution is -2.36. The Hall–Kier alpha value is -2.19. The molecular formula is C17H17BrFN3O3. The molecule has 1 aliphatic rings. The molecule has 1 fully saturated rings. The zero-order chi connectivity index (χ0) is 17.8. The van der Waals surface area contributed by atoms with E-state index in [1.807, 2.05) is 11.0 Å². The van der Waals surface area contributed by atoms with Crippen molar-refractivity contribution in [1.82, 2.24) is 0 Å². The van der Waals surface area contributed by atoms with Gasteiger partial charge in [-0.3, -0.25) is 10.1 Å². The van der Waals surface area contributed by atoms with Crippen molar-refractivity contribution in [3.05, 3.63) is 62.4 Å². The quantitative estimate of drug-likeness (QED) is 0.598. The molecule has 0 bridgehead atoms. The Morgan fingerprint density at radius 3 is 2.64 bits per heavy atom. The molecule has 0 spiro atoms. The van der Waals surface area contributed by atoms with Gasteiger partial charge in [-0.1, -0.05) is 6.07 Å². The molecule has 0 atom stereocenters. The number of hydrogen-bond acceptors (Lipinski definition) is 5. The Bertz CT molecular complexity index is 782. The molecule has 132 valence electrons. The van der Waals surface area contributed by atoms with Crippen LogP contribution in [0.1, 0.15) is 5.56 Å². The minimum absolute atomic E-state index is 0.0123. The van der Waals surface area contributed by atoms with Crippen molar-refractivity contribution < 1.29 is 14.1 Å². The molecule has 0 saturated carbocycles. The summed E-state index contributed by atoms with van der Waals surface area (Å²) in [5.41, 5.74) is 2.10. The fourth-order valence-corrected chi connectivity index (χ4v) is 3.19. The van der Waals surface area contributed by atoms with Crippen LogP contribution in [0.25, 0.3) is 0 Å². The summed E-state index contributed by atoms with van der Waals surface area (Å²) in [7, 11) is 0. The molecule has 2 aromatic rings.